The first-order chi connectivity index (χ1) is 14.6. The molecule has 1 saturated heterocycles. The molecule has 2 aliphatic rings. The van der Waals surface area contributed by atoms with Gasteiger partial charge in [0.05, 0.1) is 21.8 Å². The maximum atomic E-state index is 6.43. The summed E-state index contributed by atoms with van der Waals surface area (Å²) in [5, 5.41) is 5.27. The van der Waals surface area contributed by atoms with Crippen LogP contribution >= 0.6 is 35.4 Å². The van der Waals surface area contributed by atoms with Crippen molar-refractivity contribution in [1.29, 1.82) is 0 Å². The number of nitrogens with one attached hydrogen (secondary N) is 1. The van der Waals surface area contributed by atoms with E-state index in [1.165, 1.54) is 12.8 Å². The van der Waals surface area contributed by atoms with E-state index >= 15 is 0 Å². The summed E-state index contributed by atoms with van der Waals surface area (Å²) in [4.78, 5) is 6.92. The topological polar surface area (TPSA) is 41.3 Å². The number of aromatic nitrogens is 1. The van der Waals surface area contributed by atoms with E-state index in [0.29, 0.717) is 21.8 Å². The minimum absolute atomic E-state index is 0.0674. The first-order valence-electron chi connectivity index (χ1n) is 10.2. The minimum atomic E-state index is -0.0758. The van der Waals surface area contributed by atoms with Gasteiger partial charge in [-0.3, -0.25) is 4.98 Å². The quantitative estimate of drug-likeness (QED) is 0.448. The van der Waals surface area contributed by atoms with Crippen LogP contribution in [0, 0.1) is 0 Å². The number of nitrogens with zero attached hydrogens (tertiary/aromatic N) is 2. The van der Waals surface area contributed by atoms with Gasteiger partial charge in [0.1, 0.15) is 17.6 Å². The van der Waals surface area contributed by atoms with Crippen LogP contribution in [0.3, 0.4) is 0 Å². The maximum Gasteiger partial charge on any atom is 0.170 e. The Bertz CT molecular complexity index is 1070. The number of benzene rings is 1. The van der Waals surface area contributed by atoms with Crippen molar-refractivity contribution >= 4 is 40.5 Å². The van der Waals surface area contributed by atoms with Crippen LogP contribution in [-0.4, -0.2) is 21.0 Å². The second-order valence-electron chi connectivity index (χ2n) is 7.78. The third kappa shape index (κ3) is 3.49. The number of furan rings is 1. The van der Waals surface area contributed by atoms with Gasteiger partial charge in [0.25, 0.3) is 0 Å². The molecule has 7 heteroatoms. The highest BCUT2D eigenvalue weighted by Gasteiger charge is 2.45. The molecule has 1 saturated carbocycles. The third-order valence-corrected chi connectivity index (χ3v) is 7.14. The van der Waals surface area contributed by atoms with Gasteiger partial charge in [0.15, 0.2) is 5.11 Å². The zero-order chi connectivity index (χ0) is 20.7. The first kappa shape index (κ1) is 19.9. The van der Waals surface area contributed by atoms with Crippen molar-refractivity contribution in [3.63, 3.8) is 0 Å². The van der Waals surface area contributed by atoms with E-state index in [2.05, 4.69) is 15.2 Å². The van der Waals surface area contributed by atoms with Crippen molar-refractivity contribution in [2.75, 3.05) is 0 Å². The van der Waals surface area contributed by atoms with E-state index < -0.39 is 0 Å². The molecule has 0 bridgehead atoms. The molecule has 1 aromatic carbocycles. The Labute approximate surface area is 191 Å². The molecule has 1 aliphatic heterocycles. The predicted molar refractivity (Wildman–Crippen MR) is 124 cm³/mol. The van der Waals surface area contributed by atoms with Crippen molar-refractivity contribution in [2.45, 2.75) is 43.8 Å². The molecule has 2 aromatic heterocycles. The average molecular weight is 458 g/mol. The number of hydrogen-bond donors (Lipinski definition) is 1. The lowest BCUT2D eigenvalue weighted by atomic mass is 10.0. The molecule has 0 radical (unpaired) electrons. The Balaban J connectivity index is 1.57. The lowest BCUT2D eigenvalue weighted by Crippen LogP contribution is -2.37. The molecule has 5 rings (SSSR count). The summed E-state index contributed by atoms with van der Waals surface area (Å²) < 4.78 is 6.37. The number of thiocarbonyl (C=S) groups is 1. The van der Waals surface area contributed by atoms with Crippen molar-refractivity contribution in [1.82, 2.24) is 15.2 Å². The molecule has 2 fully saturated rings. The summed E-state index contributed by atoms with van der Waals surface area (Å²) in [5.41, 5.74) is 1.73. The van der Waals surface area contributed by atoms with Gasteiger partial charge in [-0.15, -0.1) is 0 Å². The summed E-state index contributed by atoms with van der Waals surface area (Å²) in [5.74, 6) is 1.54. The number of pyridine rings is 1. The van der Waals surface area contributed by atoms with E-state index in [1.54, 1.807) is 6.07 Å². The highest BCUT2D eigenvalue weighted by atomic mass is 35.5. The SMILES string of the molecule is S=C1N[C@@H](c2ccccn2)[C@H](c2ccc(-c3cccc(Cl)c3Cl)o2)N1C1CCCC1. The molecule has 30 heavy (non-hydrogen) atoms. The monoisotopic (exact) mass is 457 g/mol. The van der Waals surface area contributed by atoms with Crippen molar-refractivity contribution in [3.05, 3.63) is 76.2 Å². The van der Waals surface area contributed by atoms with Crippen LogP contribution in [0.5, 0.6) is 0 Å². The fourth-order valence-electron chi connectivity index (χ4n) is 4.60. The molecule has 4 nitrogen and oxygen atoms in total. The molecule has 3 aromatic rings. The smallest absolute Gasteiger partial charge is 0.170 e. The number of rotatable bonds is 4. The van der Waals surface area contributed by atoms with Gasteiger partial charge in [0.2, 0.25) is 0 Å². The molecule has 0 unspecified atom stereocenters. The van der Waals surface area contributed by atoms with Gasteiger partial charge in [-0.2, -0.15) is 0 Å². The fraction of sp³-hybridized carbons (Fsp3) is 0.304. The van der Waals surface area contributed by atoms with Gasteiger partial charge < -0.3 is 14.6 Å². The summed E-state index contributed by atoms with van der Waals surface area (Å²) in [7, 11) is 0. The molecule has 2 atom stereocenters. The second kappa shape index (κ2) is 8.22. The molecule has 1 aliphatic carbocycles. The van der Waals surface area contributed by atoms with E-state index in [1.807, 2.05) is 48.7 Å². The lowest BCUT2D eigenvalue weighted by molar-refractivity contribution is 0.218. The largest absolute Gasteiger partial charge is 0.459 e. The zero-order valence-corrected chi connectivity index (χ0v) is 18.6. The van der Waals surface area contributed by atoms with Gasteiger partial charge in [-0.25, -0.2) is 0 Å². The van der Waals surface area contributed by atoms with Crippen LogP contribution in [0.4, 0.5) is 0 Å². The van der Waals surface area contributed by atoms with Crippen LogP contribution in [0.2, 0.25) is 10.0 Å². The van der Waals surface area contributed by atoms with E-state index in [9.17, 15) is 0 Å². The Hall–Kier alpha value is -2.08. The van der Waals surface area contributed by atoms with Crippen LogP contribution in [-0.2, 0) is 0 Å². The van der Waals surface area contributed by atoms with Gasteiger partial charge in [0, 0.05) is 17.8 Å². The lowest BCUT2D eigenvalue weighted by Gasteiger charge is -2.31. The summed E-state index contributed by atoms with van der Waals surface area (Å²) in [6, 6.07) is 15.8. The predicted octanol–water partition coefficient (Wildman–Crippen LogP) is 6.56. The molecule has 3 heterocycles. The zero-order valence-electron chi connectivity index (χ0n) is 16.2. The van der Waals surface area contributed by atoms with Gasteiger partial charge >= 0.3 is 0 Å². The highest BCUT2D eigenvalue weighted by molar-refractivity contribution is 7.80. The van der Waals surface area contributed by atoms with E-state index in [-0.39, 0.29) is 12.1 Å². The molecule has 1 N–H and O–H groups in total. The normalized spacial score (nSPS) is 21.9. The first-order valence-corrected chi connectivity index (χ1v) is 11.3. The molecular formula is C23H21Cl2N3OS. The van der Waals surface area contributed by atoms with E-state index in [4.69, 9.17) is 39.8 Å². The van der Waals surface area contributed by atoms with Crippen LogP contribution in [0.15, 0.2) is 59.1 Å². The van der Waals surface area contributed by atoms with Crippen LogP contribution in [0.25, 0.3) is 11.3 Å². The number of hydrogen-bond acceptors (Lipinski definition) is 3. The van der Waals surface area contributed by atoms with Crippen molar-refractivity contribution in [2.24, 2.45) is 0 Å². The van der Waals surface area contributed by atoms with Crippen molar-refractivity contribution in [3.8, 4) is 11.3 Å². The average Bonchev–Trinajstić information content (AvgIpc) is 3.50. The van der Waals surface area contributed by atoms with Crippen molar-refractivity contribution < 1.29 is 4.42 Å². The highest BCUT2D eigenvalue weighted by Crippen LogP contribution is 2.44. The molecule has 0 amide bonds. The summed E-state index contributed by atoms with van der Waals surface area (Å²) in [6.45, 7) is 0. The summed E-state index contributed by atoms with van der Waals surface area (Å²) >= 11 is 18.4. The standard InChI is InChI=1S/C23H21Cl2N3OS/c24-16-9-5-8-15(20(16)25)18-11-12-19(29-18)22-21(17-10-3-4-13-26-17)27-23(30)28(22)14-6-1-2-7-14/h3-5,8-14,21-22H,1-2,6-7H2,(H,27,30)/t21-,22-/m0/s1. The van der Waals surface area contributed by atoms with E-state index in [0.717, 1.165) is 35.0 Å². The van der Waals surface area contributed by atoms with Crippen LogP contribution < -0.4 is 5.32 Å². The third-order valence-electron chi connectivity index (χ3n) is 5.99. The van der Waals surface area contributed by atoms with Crippen LogP contribution in [0.1, 0.15) is 49.2 Å². The Kier molecular flexibility index (Phi) is 5.44. The Morgan fingerprint density at radius 1 is 1.03 bits per heavy atom. The Morgan fingerprint density at radius 2 is 1.87 bits per heavy atom. The second-order valence-corrected chi connectivity index (χ2v) is 8.95. The number of halogens is 2. The maximum absolute atomic E-state index is 6.43. The molecular weight excluding hydrogens is 437 g/mol. The summed E-state index contributed by atoms with van der Waals surface area (Å²) in [6.07, 6.45) is 6.55. The van der Waals surface area contributed by atoms with Gasteiger partial charge in [-0.1, -0.05) is 48.2 Å². The minimum Gasteiger partial charge on any atom is -0.459 e. The Morgan fingerprint density at radius 3 is 2.63 bits per heavy atom. The molecule has 0 spiro atoms. The molecule has 154 valence electrons. The van der Waals surface area contributed by atoms with Gasteiger partial charge in [-0.05, 0) is 61.5 Å². The fourth-order valence-corrected chi connectivity index (χ4v) is 5.38.